The number of hydrogen-bond donors (Lipinski definition) is 0. The Morgan fingerprint density at radius 2 is 1.00 bits per heavy atom. The number of fused-ring (bicyclic) bond motifs is 11. The summed E-state index contributed by atoms with van der Waals surface area (Å²) in [6, 6.07) is 85.2. The lowest BCUT2D eigenvalue weighted by Crippen LogP contribution is -2.12. The average molecular weight is 947 g/mol. The first-order valence-corrected chi connectivity index (χ1v) is 25.5. The van der Waals surface area contributed by atoms with Crippen molar-refractivity contribution in [2.75, 3.05) is 0 Å². The molecule has 1 aliphatic heterocycles. The second-order valence-electron chi connectivity index (χ2n) is 19.7. The standard InChI is InChI=1S/C69H46N4O/c1-43-34-36-59(56-31-17-30-54-52-28-12-14-32-60(52)72(67(54)56)51-26-6-3-7-27-51)70-69(50-25-16-24-45(38-50)44-18-4-2-5-19-44)71-66(43)65-62(37-35-55-58-40-47-21-9-11-23-49(47)42-64(58)74-68(55)65)73-61-33-15-13-29-53(61)57-39-46-20-8-10-22-48(46)41-63(57)73/h2-33,35,37-42H,34,36H2,1H3/b66-43-,70-59+,71-69-. The summed E-state index contributed by atoms with van der Waals surface area (Å²) < 4.78 is 12.1. The molecule has 0 amide bonds. The number of aliphatic imine (C=N–C) groups is 2. The summed E-state index contributed by atoms with van der Waals surface area (Å²) in [5.41, 5.74) is 16.5. The number of rotatable bonds is 6. The molecule has 5 nitrogen and oxygen atoms in total. The van der Waals surface area contributed by atoms with E-state index in [-0.39, 0.29) is 0 Å². The SMILES string of the molecule is C/C1=C(c2c(-n3c4ccccc4c4cc5ccccc5cc43)ccc3c2oc2cc4ccccc4cc23)/N=C(c2cccc(-c3ccccc3)c2)\N=C(\c2cccc3c4ccccc4n(-c4ccccc4)c23)CC1. The van der Waals surface area contributed by atoms with Crippen LogP contribution in [0.15, 0.2) is 257 Å². The quantitative estimate of drug-likeness (QED) is 0.164. The first kappa shape index (κ1) is 42.1. The molecule has 0 aliphatic carbocycles. The highest BCUT2D eigenvalue weighted by Crippen LogP contribution is 2.45. The van der Waals surface area contributed by atoms with Gasteiger partial charge in [-0.3, -0.25) is 0 Å². The summed E-state index contributed by atoms with van der Waals surface area (Å²) in [5.74, 6) is 0.643. The van der Waals surface area contributed by atoms with Gasteiger partial charge in [-0.1, -0.05) is 170 Å². The maximum atomic E-state index is 7.28. The summed E-state index contributed by atoms with van der Waals surface area (Å²) in [7, 11) is 0. The highest BCUT2D eigenvalue weighted by atomic mass is 16.3. The van der Waals surface area contributed by atoms with E-state index in [1.54, 1.807) is 0 Å². The Kier molecular flexibility index (Phi) is 9.54. The van der Waals surface area contributed by atoms with Gasteiger partial charge in [0.05, 0.1) is 44.7 Å². The van der Waals surface area contributed by atoms with Crippen molar-refractivity contribution in [1.29, 1.82) is 0 Å². The average Bonchev–Trinajstić information content (AvgIpc) is 4.15. The van der Waals surface area contributed by atoms with Gasteiger partial charge >= 0.3 is 0 Å². The molecule has 0 spiro atoms. The van der Waals surface area contributed by atoms with Crippen LogP contribution < -0.4 is 0 Å². The molecule has 0 saturated carbocycles. The third kappa shape index (κ3) is 6.63. The van der Waals surface area contributed by atoms with Crippen LogP contribution in [0.5, 0.6) is 0 Å². The Balaban J connectivity index is 1.04. The van der Waals surface area contributed by atoms with Crippen LogP contribution in [-0.4, -0.2) is 20.7 Å². The Labute approximate surface area is 426 Å². The number of furan rings is 1. The summed E-state index contributed by atoms with van der Waals surface area (Å²) in [4.78, 5) is 11.8. The third-order valence-corrected chi connectivity index (χ3v) is 15.4. The van der Waals surface area contributed by atoms with Gasteiger partial charge in [0.2, 0.25) is 0 Å². The van der Waals surface area contributed by atoms with Crippen LogP contribution in [0, 0.1) is 0 Å². The molecular formula is C69H46N4O. The van der Waals surface area contributed by atoms with Gasteiger partial charge in [-0.15, -0.1) is 0 Å². The van der Waals surface area contributed by atoms with Crippen LogP contribution >= 0.6 is 0 Å². The van der Waals surface area contributed by atoms with Crippen molar-refractivity contribution in [3.8, 4) is 22.5 Å². The van der Waals surface area contributed by atoms with Gasteiger partial charge in [-0.25, -0.2) is 9.98 Å². The molecule has 0 N–H and O–H groups in total. The Morgan fingerprint density at radius 1 is 0.405 bits per heavy atom. The molecule has 14 aromatic rings. The van der Waals surface area contributed by atoms with E-state index in [1.807, 2.05) is 0 Å². The van der Waals surface area contributed by atoms with E-state index in [0.29, 0.717) is 18.7 Å². The van der Waals surface area contributed by atoms with Gasteiger partial charge in [0.15, 0.2) is 5.84 Å². The van der Waals surface area contributed by atoms with Gasteiger partial charge in [0, 0.05) is 49.1 Å². The second kappa shape index (κ2) is 16.8. The fourth-order valence-corrected chi connectivity index (χ4v) is 11.8. The highest BCUT2D eigenvalue weighted by Gasteiger charge is 2.27. The minimum absolute atomic E-state index is 0.643. The van der Waals surface area contributed by atoms with Crippen molar-refractivity contribution in [2.45, 2.75) is 19.8 Å². The smallest absolute Gasteiger partial charge is 0.160 e. The fourth-order valence-electron chi connectivity index (χ4n) is 11.8. The normalized spacial score (nSPS) is 15.9. The summed E-state index contributed by atoms with van der Waals surface area (Å²) in [6.07, 6.45) is 1.40. The first-order valence-electron chi connectivity index (χ1n) is 25.5. The van der Waals surface area contributed by atoms with Crippen molar-refractivity contribution in [1.82, 2.24) is 9.13 Å². The predicted octanol–water partition coefficient (Wildman–Crippen LogP) is 18.2. The Bertz CT molecular complexity index is 4720. The molecule has 0 unspecified atom stereocenters. The minimum Gasteiger partial charge on any atom is -0.455 e. The van der Waals surface area contributed by atoms with Crippen molar-refractivity contribution in [2.24, 2.45) is 9.98 Å². The van der Waals surface area contributed by atoms with Gasteiger partial charge in [0.1, 0.15) is 11.2 Å². The highest BCUT2D eigenvalue weighted by molar-refractivity contribution is 6.23. The van der Waals surface area contributed by atoms with E-state index in [9.17, 15) is 0 Å². The maximum Gasteiger partial charge on any atom is 0.160 e. The monoisotopic (exact) mass is 946 g/mol. The van der Waals surface area contributed by atoms with E-state index < -0.39 is 0 Å². The van der Waals surface area contributed by atoms with E-state index in [2.05, 4.69) is 253 Å². The van der Waals surface area contributed by atoms with Crippen LogP contribution in [0.2, 0.25) is 0 Å². The van der Waals surface area contributed by atoms with Gasteiger partial charge in [-0.05, 0) is 125 Å². The van der Waals surface area contributed by atoms with E-state index in [1.165, 1.54) is 37.7 Å². The first-order chi connectivity index (χ1) is 36.6. The molecule has 0 radical (unpaired) electrons. The predicted molar refractivity (Wildman–Crippen MR) is 311 cm³/mol. The van der Waals surface area contributed by atoms with Crippen LogP contribution in [0.4, 0.5) is 0 Å². The Hall–Kier alpha value is -9.58. The molecule has 5 heteroatoms. The van der Waals surface area contributed by atoms with Gasteiger partial charge in [0.25, 0.3) is 0 Å². The number of benzene rings is 11. The fraction of sp³-hybridized carbons (Fsp3) is 0.0435. The molecule has 348 valence electrons. The van der Waals surface area contributed by atoms with Crippen molar-refractivity contribution in [3.63, 3.8) is 0 Å². The topological polar surface area (TPSA) is 47.7 Å². The zero-order valence-electron chi connectivity index (χ0n) is 40.6. The van der Waals surface area contributed by atoms with Crippen LogP contribution in [0.3, 0.4) is 0 Å². The number of amidine groups is 1. The molecule has 0 atom stereocenters. The zero-order valence-corrected chi connectivity index (χ0v) is 40.6. The largest absolute Gasteiger partial charge is 0.455 e. The molecule has 74 heavy (non-hydrogen) atoms. The number of nitrogens with zero attached hydrogens (tertiary/aromatic N) is 4. The van der Waals surface area contributed by atoms with E-state index in [4.69, 9.17) is 14.4 Å². The lowest BCUT2D eigenvalue weighted by Gasteiger charge is -2.20. The van der Waals surface area contributed by atoms with Crippen molar-refractivity contribution >= 4 is 104 Å². The molecule has 1 aliphatic rings. The Morgan fingerprint density at radius 3 is 1.77 bits per heavy atom. The maximum absolute atomic E-state index is 7.28. The minimum atomic E-state index is 0.643. The van der Waals surface area contributed by atoms with Gasteiger partial charge < -0.3 is 13.6 Å². The number of allylic oxidation sites excluding steroid dienone is 1. The number of para-hydroxylation sites is 4. The number of hydrogen-bond acceptors (Lipinski definition) is 3. The van der Waals surface area contributed by atoms with Crippen molar-refractivity contribution < 1.29 is 4.42 Å². The van der Waals surface area contributed by atoms with Crippen LogP contribution in [0.1, 0.15) is 36.5 Å². The molecule has 0 fully saturated rings. The van der Waals surface area contributed by atoms with E-state index in [0.717, 1.165) is 106 Å². The molecule has 3 aromatic heterocycles. The molecule has 0 saturated heterocycles. The molecule has 11 aromatic carbocycles. The molecule has 4 heterocycles. The molecule has 15 rings (SSSR count). The molecule has 0 bridgehead atoms. The summed E-state index contributed by atoms with van der Waals surface area (Å²) in [5, 5.41) is 11.6. The van der Waals surface area contributed by atoms with Gasteiger partial charge in [-0.2, -0.15) is 0 Å². The lowest BCUT2D eigenvalue weighted by molar-refractivity contribution is 0.667. The van der Waals surface area contributed by atoms with Crippen LogP contribution in [-0.2, 0) is 0 Å². The number of aromatic nitrogens is 2. The zero-order chi connectivity index (χ0) is 48.9. The third-order valence-electron chi connectivity index (χ3n) is 15.4. The van der Waals surface area contributed by atoms with Crippen LogP contribution in [0.25, 0.3) is 115 Å². The summed E-state index contributed by atoms with van der Waals surface area (Å²) >= 11 is 0. The van der Waals surface area contributed by atoms with Crippen molar-refractivity contribution in [3.05, 3.63) is 259 Å². The summed E-state index contributed by atoms with van der Waals surface area (Å²) in [6.45, 7) is 2.26. The van der Waals surface area contributed by atoms with E-state index >= 15 is 0 Å². The molecular weight excluding hydrogens is 901 g/mol. The lowest BCUT2D eigenvalue weighted by atomic mass is 9.94. The second-order valence-corrected chi connectivity index (χ2v) is 19.7.